The van der Waals surface area contributed by atoms with Gasteiger partial charge in [0.05, 0.1) is 12.3 Å². The molecule has 0 bridgehead atoms. The van der Waals surface area contributed by atoms with E-state index in [0.29, 0.717) is 6.61 Å². The van der Waals surface area contributed by atoms with Crippen molar-refractivity contribution < 1.29 is 9.47 Å². The maximum atomic E-state index is 5.90. The minimum Gasteiger partial charge on any atom is -0.399 e. The standard InChI is InChI=1S/C14H18N2O2/c1-14(2)17-8-13(18-14)12-7-9-6-10(15)4-5-11(9)16(12)3/h4-7,13H,8,15H2,1-3H3. The summed E-state index contributed by atoms with van der Waals surface area (Å²) in [7, 11) is 2.04. The van der Waals surface area contributed by atoms with Gasteiger partial charge in [0.2, 0.25) is 0 Å². The molecule has 2 N–H and O–H groups in total. The fourth-order valence-corrected chi connectivity index (χ4v) is 2.53. The van der Waals surface area contributed by atoms with Gasteiger partial charge in [0.15, 0.2) is 5.79 Å². The second-order valence-corrected chi connectivity index (χ2v) is 5.26. The zero-order valence-electron chi connectivity index (χ0n) is 10.9. The van der Waals surface area contributed by atoms with Crippen molar-refractivity contribution in [1.82, 2.24) is 4.57 Å². The maximum absolute atomic E-state index is 5.90. The first-order valence-electron chi connectivity index (χ1n) is 6.13. The highest BCUT2D eigenvalue weighted by Crippen LogP contribution is 2.35. The summed E-state index contributed by atoms with van der Waals surface area (Å²) in [6.45, 7) is 4.47. The predicted molar refractivity (Wildman–Crippen MR) is 71.2 cm³/mol. The van der Waals surface area contributed by atoms with Crippen LogP contribution in [0.25, 0.3) is 10.9 Å². The van der Waals surface area contributed by atoms with Gasteiger partial charge < -0.3 is 19.8 Å². The summed E-state index contributed by atoms with van der Waals surface area (Å²) in [5.74, 6) is -0.500. The van der Waals surface area contributed by atoms with Crippen LogP contribution in [-0.4, -0.2) is 17.0 Å². The minimum absolute atomic E-state index is 0.0152. The quantitative estimate of drug-likeness (QED) is 0.787. The third-order valence-corrected chi connectivity index (χ3v) is 3.44. The van der Waals surface area contributed by atoms with E-state index in [1.807, 2.05) is 39.1 Å². The lowest BCUT2D eigenvalue weighted by atomic mass is 10.2. The molecule has 2 aromatic rings. The predicted octanol–water partition coefficient (Wildman–Crippen LogP) is 2.58. The number of hydrogen-bond acceptors (Lipinski definition) is 3. The van der Waals surface area contributed by atoms with E-state index in [-0.39, 0.29) is 6.10 Å². The number of benzene rings is 1. The molecule has 0 radical (unpaired) electrons. The van der Waals surface area contributed by atoms with Crippen molar-refractivity contribution in [3.63, 3.8) is 0 Å². The third-order valence-electron chi connectivity index (χ3n) is 3.44. The third kappa shape index (κ3) is 1.78. The molecule has 1 saturated heterocycles. The highest BCUT2D eigenvalue weighted by Gasteiger charge is 2.35. The smallest absolute Gasteiger partial charge is 0.163 e. The molecule has 4 nitrogen and oxygen atoms in total. The van der Waals surface area contributed by atoms with Gasteiger partial charge in [-0.15, -0.1) is 0 Å². The fraction of sp³-hybridized carbons (Fsp3) is 0.429. The maximum Gasteiger partial charge on any atom is 0.163 e. The molecule has 3 rings (SSSR count). The summed E-state index contributed by atoms with van der Waals surface area (Å²) in [6, 6.07) is 8.07. The Labute approximate surface area is 106 Å². The van der Waals surface area contributed by atoms with Crippen LogP contribution in [-0.2, 0) is 16.5 Å². The van der Waals surface area contributed by atoms with Crippen LogP contribution in [0.2, 0.25) is 0 Å². The number of ether oxygens (including phenoxy) is 2. The number of aromatic nitrogens is 1. The van der Waals surface area contributed by atoms with Crippen molar-refractivity contribution in [3.05, 3.63) is 30.0 Å². The Morgan fingerprint density at radius 1 is 1.33 bits per heavy atom. The van der Waals surface area contributed by atoms with Gasteiger partial charge in [0, 0.05) is 23.6 Å². The molecule has 0 aliphatic carbocycles. The van der Waals surface area contributed by atoms with E-state index in [1.54, 1.807) is 0 Å². The van der Waals surface area contributed by atoms with E-state index in [1.165, 1.54) is 0 Å². The molecule has 1 aromatic heterocycles. The van der Waals surface area contributed by atoms with E-state index in [2.05, 4.69) is 10.6 Å². The molecule has 1 aliphatic heterocycles. The van der Waals surface area contributed by atoms with Crippen molar-refractivity contribution in [2.24, 2.45) is 7.05 Å². The van der Waals surface area contributed by atoms with Gasteiger partial charge in [-0.1, -0.05) is 0 Å². The summed E-state index contributed by atoms with van der Waals surface area (Å²) in [5, 5.41) is 1.14. The molecule has 1 unspecified atom stereocenters. The molecule has 1 atom stereocenters. The number of nitrogen functional groups attached to an aromatic ring is 1. The Hall–Kier alpha value is -1.52. The molecule has 4 heteroatoms. The number of anilines is 1. The minimum atomic E-state index is -0.500. The summed E-state index contributed by atoms with van der Waals surface area (Å²) in [6.07, 6.45) is -0.0152. The van der Waals surface area contributed by atoms with Gasteiger partial charge in [-0.3, -0.25) is 0 Å². The van der Waals surface area contributed by atoms with Gasteiger partial charge in [-0.2, -0.15) is 0 Å². The van der Waals surface area contributed by atoms with Gasteiger partial charge >= 0.3 is 0 Å². The van der Waals surface area contributed by atoms with Crippen molar-refractivity contribution in [3.8, 4) is 0 Å². The average molecular weight is 246 g/mol. The number of fused-ring (bicyclic) bond motifs is 1. The van der Waals surface area contributed by atoms with E-state index < -0.39 is 5.79 Å². The number of hydrogen-bond donors (Lipinski definition) is 1. The lowest BCUT2D eigenvalue weighted by Gasteiger charge is -2.17. The Bertz CT molecular complexity index is 601. The highest BCUT2D eigenvalue weighted by molar-refractivity contribution is 5.84. The lowest BCUT2D eigenvalue weighted by Crippen LogP contribution is -2.20. The Morgan fingerprint density at radius 3 is 2.78 bits per heavy atom. The molecular weight excluding hydrogens is 228 g/mol. The summed E-state index contributed by atoms with van der Waals surface area (Å²) in [4.78, 5) is 0. The Kier molecular flexibility index (Phi) is 2.40. The first-order valence-corrected chi connectivity index (χ1v) is 6.13. The molecule has 96 valence electrons. The molecule has 0 amide bonds. The normalized spacial score (nSPS) is 22.7. The SMILES string of the molecule is Cn1c(C2COC(C)(C)O2)cc2cc(N)ccc21. The molecule has 1 aromatic carbocycles. The molecular formula is C14H18N2O2. The van der Waals surface area contributed by atoms with Crippen LogP contribution < -0.4 is 5.73 Å². The van der Waals surface area contributed by atoms with Gasteiger partial charge in [-0.05, 0) is 38.1 Å². The second-order valence-electron chi connectivity index (χ2n) is 5.26. The largest absolute Gasteiger partial charge is 0.399 e. The van der Waals surface area contributed by atoms with Crippen LogP contribution in [0.15, 0.2) is 24.3 Å². The van der Waals surface area contributed by atoms with Gasteiger partial charge in [-0.25, -0.2) is 0 Å². The Balaban J connectivity index is 2.05. The van der Waals surface area contributed by atoms with Crippen LogP contribution in [0.1, 0.15) is 25.6 Å². The number of rotatable bonds is 1. The monoisotopic (exact) mass is 246 g/mol. The molecule has 0 saturated carbocycles. The number of aryl methyl sites for hydroxylation is 1. The van der Waals surface area contributed by atoms with E-state index >= 15 is 0 Å². The molecule has 18 heavy (non-hydrogen) atoms. The fourth-order valence-electron chi connectivity index (χ4n) is 2.53. The first-order chi connectivity index (χ1) is 8.46. The molecule has 1 fully saturated rings. The molecule has 0 spiro atoms. The summed E-state index contributed by atoms with van der Waals surface area (Å²) < 4.78 is 13.7. The Morgan fingerprint density at radius 2 is 2.11 bits per heavy atom. The van der Waals surface area contributed by atoms with Gasteiger partial charge in [0.25, 0.3) is 0 Å². The average Bonchev–Trinajstić information content (AvgIpc) is 2.80. The molecule has 1 aliphatic rings. The van der Waals surface area contributed by atoms with Crippen LogP contribution in [0.4, 0.5) is 5.69 Å². The van der Waals surface area contributed by atoms with Crippen molar-refractivity contribution >= 4 is 16.6 Å². The first kappa shape index (κ1) is 11.6. The zero-order valence-corrected chi connectivity index (χ0v) is 10.9. The van der Waals surface area contributed by atoms with Crippen LogP contribution in [0, 0.1) is 0 Å². The van der Waals surface area contributed by atoms with E-state index in [4.69, 9.17) is 15.2 Å². The van der Waals surface area contributed by atoms with E-state index in [9.17, 15) is 0 Å². The lowest BCUT2D eigenvalue weighted by molar-refractivity contribution is -0.139. The number of nitrogens with two attached hydrogens (primary N) is 1. The zero-order chi connectivity index (χ0) is 12.9. The van der Waals surface area contributed by atoms with Crippen LogP contribution in [0.3, 0.4) is 0 Å². The van der Waals surface area contributed by atoms with Gasteiger partial charge in [0.1, 0.15) is 6.10 Å². The topological polar surface area (TPSA) is 49.4 Å². The summed E-state index contributed by atoms with van der Waals surface area (Å²) >= 11 is 0. The van der Waals surface area contributed by atoms with Crippen molar-refractivity contribution in [1.29, 1.82) is 0 Å². The van der Waals surface area contributed by atoms with Crippen molar-refractivity contribution in [2.75, 3.05) is 12.3 Å². The van der Waals surface area contributed by atoms with E-state index in [0.717, 1.165) is 22.3 Å². The molecule has 2 heterocycles. The van der Waals surface area contributed by atoms with Crippen LogP contribution in [0.5, 0.6) is 0 Å². The van der Waals surface area contributed by atoms with Crippen LogP contribution >= 0.6 is 0 Å². The second kappa shape index (κ2) is 3.73. The number of nitrogens with zero attached hydrogens (tertiary/aromatic N) is 1. The summed E-state index contributed by atoms with van der Waals surface area (Å²) in [5.41, 5.74) is 8.88. The van der Waals surface area contributed by atoms with Crippen molar-refractivity contribution in [2.45, 2.75) is 25.7 Å². The highest BCUT2D eigenvalue weighted by atomic mass is 16.7.